The predicted octanol–water partition coefficient (Wildman–Crippen LogP) is 12.8. The van der Waals surface area contributed by atoms with Gasteiger partial charge in [-0.25, -0.2) is 0 Å². The second-order valence-electron chi connectivity index (χ2n) is 17.1. The first-order valence-corrected chi connectivity index (χ1v) is 21.1. The van der Waals surface area contributed by atoms with E-state index in [0.717, 1.165) is 52.8 Å². The van der Waals surface area contributed by atoms with Gasteiger partial charge in [0.05, 0.1) is 11.1 Å². The summed E-state index contributed by atoms with van der Waals surface area (Å²) in [5, 5.41) is 8.16. The van der Waals surface area contributed by atoms with Crippen molar-refractivity contribution in [1.29, 1.82) is 0 Å². The number of Topliss-reactive ketones (excluding diaryl/α,β-unsaturated/α-hetero) is 4. The summed E-state index contributed by atoms with van der Waals surface area (Å²) in [6, 6.07) is 36.4. The molecule has 0 atom stereocenters. The molecule has 0 unspecified atom stereocenters. The number of rotatable bonds is 2. The van der Waals surface area contributed by atoms with Gasteiger partial charge in [-0.05, 0) is 138 Å². The maximum atomic E-state index is 13.8. The molecule has 2 heterocycles. The Kier molecular flexibility index (Phi) is 6.52. The van der Waals surface area contributed by atoms with Crippen LogP contribution in [0.5, 0.6) is 0 Å². The summed E-state index contributed by atoms with van der Waals surface area (Å²) in [4.78, 5) is 59.5. The summed E-state index contributed by atoms with van der Waals surface area (Å²) in [5.74, 6) is -0.900. The van der Waals surface area contributed by atoms with Crippen LogP contribution in [0.2, 0.25) is 0 Å². The fourth-order valence-electron chi connectivity index (χ4n) is 10.0. The maximum absolute atomic E-state index is 13.8. The van der Waals surface area contributed by atoms with Gasteiger partial charge < -0.3 is 0 Å². The topological polar surface area (TPSA) is 68.3 Å². The first-order chi connectivity index (χ1) is 27.9. The van der Waals surface area contributed by atoms with E-state index in [4.69, 9.17) is 0 Å². The van der Waals surface area contributed by atoms with Crippen molar-refractivity contribution in [2.45, 2.75) is 38.5 Å². The fourth-order valence-corrected chi connectivity index (χ4v) is 13.0. The third-order valence-electron chi connectivity index (χ3n) is 13.0. The molecule has 0 fully saturated rings. The highest BCUT2D eigenvalue weighted by Gasteiger charge is 2.52. The van der Waals surface area contributed by atoms with Crippen LogP contribution in [0.3, 0.4) is 0 Å². The molecule has 0 spiro atoms. The van der Waals surface area contributed by atoms with E-state index in [1.165, 1.54) is 32.0 Å². The van der Waals surface area contributed by atoms with Crippen LogP contribution in [-0.4, -0.2) is 23.1 Å². The number of hydrogen-bond acceptors (Lipinski definition) is 6. The van der Waals surface area contributed by atoms with E-state index in [2.05, 4.69) is 88.4 Å². The lowest BCUT2D eigenvalue weighted by atomic mass is 9.80. The number of hydrogen-bond donors (Lipinski definition) is 0. The van der Waals surface area contributed by atoms with Gasteiger partial charge in [0.1, 0.15) is 0 Å². The molecule has 8 aromatic rings. The van der Waals surface area contributed by atoms with Crippen molar-refractivity contribution in [3.63, 3.8) is 0 Å². The minimum absolute atomic E-state index is 0.212. The lowest BCUT2D eigenvalue weighted by Gasteiger charge is -2.23. The molecule has 58 heavy (non-hydrogen) atoms. The number of thiophene rings is 2. The molecule has 0 amide bonds. The lowest BCUT2D eigenvalue weighted by molar-refractivity contribution is 0.0975. The van der Waals surface area contributed by atoms with E-state index in [9.17, 15) is 19.2 Å². The predicted molar refractivity (Wildman–Crippen MR) is 238 cm³/mol. The van der Waals surface area contributed by atoms with Crippen molar-refractivity contribution >= 4 is 112 Å². The van der Waals surface area contributed by atoms with Crippen molar-refractivity contribution in [1.82, 2.24) is 0 Å². The zero-order valence-electron chi connectivity index (χ0n) is 32.0. The molecule has 12 rings (SSSR count). The normalized spacial score (nSPS) is 17.2. The van der Waals surface area contributed by atoms with E-state index in [1.54, 1.807) is 34.8 Å². The molecule has 0 N–H and O–H groups in total. The van der Waals surface area contributed by atoms with E-state index < -0.39 is 0 Å². The molecular formula is C52H32O4S2. The minimum Gasteiger partial charge on any atom is -0.288 e. The Labute approximate surface area is 341 Å². The highest BCUT2D eigenvalue weighted by atomic mass is 32.1. The van der Waals surface area contributed by atoms with Gasteiger partial charge in [0, 0.05) is 52.6 Å². The number of carbonyl (C=O) groups excluding carboxylic acids is 4. The van der Waals surface area contributed by atoms with Crippen LogP contribution in [0.1, 0.15) is 99.8 Å². The van der Waals surface area contributed by atoms with E-state index in [0.29, 0.717) is 22.3 Å². The van der Waals surface area contributed by atoms with Gasteiger partial charge in [0.25, 0.3) is 0 Å². The van der Waals surface area contributed by atoms with Gasteiger partial charge in [0.15, 0.2) is 23.1 Å². The van der Waals surface area contributed by atoms with Crippen molar-refractivity contribution in [2.24, 2.45) is 0 Å². The molecule has 0 saturated heterocycles. The number of fused-ring (bicyclic) bond motifs is 10. The van der Waals surface area contributed by atoms with Crippen molar-refractivity contribution in [2.75, 3.05) is 0 Å². The van der Waals surface area contributed by atoms with Crippen LogP contribution in [0.4, 0.5) is 0 Å². The third-order valence-corrected chi connectivity index (χ3v) is 15.2. The zero-order chi connectivity index (χ0) is 39.6. The Morgan fingerprint density at radius 3 is 0.983 bits per heavy atom. The van der Waals surface area contributed by atoms with Gasteiger partial charge in [0.2, 0.25) is 0 Å². The molecule has 276 valence electrons. The smallest absolute Gasteiger partial charge is 0.197 e. The van der Waals surface area contributed by atoms with Crippen molar-refractivity contribution < 1.29 is 19.2 Å². The monoisotopic (exact) mass is 784 g/mol. The summed E-state index contributed by atoms with van der Waals surface area (Å²) in [5.41, 5.74) is 6.51. The van der Waals surface area contributed by atoms with E-state index >= 15 is 0 Å². The molecule has 0 bridgehead atoms. The summed E-state index contributed by atoms with van der Waals surface area (Å²) in [7, 11) is 0. The molecular weight excluding hydrogens is 753 g/mol. The van der Waals surface area contributed by atoms with Gasteiger partial charge in [-0.2, -0.15) is 0 Å². The SMILES string of the molecule is CC1(C)C2=C(c3sc(C=C4C(=O)c5cc6cc7ccccc7cc6cc5C4=O)cc31)C(C)(C)c1cc(C=C3C(=O)c4cc5cc6ccccc6cc5cc4C3=O)sc12. The van der Waals surface area contributed by atoms with Crippen LogP contribution in [0.15, 0.2) is 120 Å². The first-order valence-electron chi connectivity index (χ1n) is 19.5. The van der Waals surface area contributed by atoms with Gasteiger partial charge in [-0.3, -0.25) is 19.2 Å². The molecule has 6 aromatic carbocycles. The van der Waals surface area contributed by atoms with Gasteiger partial charge in [-0.1, -0.05) is 76.2 Å². The maximum Gasteiger partial charge on any atom is 0.197 e. The van der Waals surface area contributed by atoms with Gasteiger partial charge >= 0.3 is 0 Å². The first kappa shape index (κ1) is 33.8. The van der Waals surface area contributed by atoms with Crippen LogP contribution in [0, 0.1) is 0 Å². The summed E-state index contributed by atoms with van der Waals surface area (Å²) < 4.78 is 0. The number of carbonyl (C=O) groups is 4. The average molecular weight is 785 g/mol. The molecule has 0 radical (unpaired) electrons. The third kappa shape index (κ3) is 4.39. The summed E-state index contributed by atoms with van der Waals surface area (Å²) in [6.45, 7) is 8.97. The fraction of sp³-hybridized carbons (Fsp3) is 0.115. The zero-order valence-corrected chi connectivity index (χ0v) is 33.6. The molecule has 0 saturated carbocycles. The van der Waals surface area contributed by atoms with Crippen molar-refractivity contribution in [3.8, 4) is 0 Å². The highest BCUT2D eigenvalue weighted by Crippen LogP contribution is 2.66. The second kappa shape index (κ2) is 11.2. The Bertz CT molecular complexity index is 3080. The quantitative estimate of drug-likeness (QED) is 0.0994. The van der Waals surface area contributed by atoms with Crippen LogP contribution < -0.4 is 0 Å². The van der Waals surface area contributed by atoms with Crippen LogP contribution in [0.25, 0.3) is 66.4 Å². The van der Waals surface area contributed by atoms with Crippen LogP contribution in [-0.2, 0) is 10.8 Å². The summed E-state index contributed by atoms with van der Waals surface area (Å²) >= 11 is 3.28. The standard InChI is InChI=1S/C52H32O4S2/c1-51(2)41-23-33(21-39-45(53)35-17-29-13-25-9-5-6-10-26(25)14-30(29)18-36(35)46(39)54)57-49(41)44-43(51)50-42(52(44,3)4)24-34(58-50)22-40-47(55)37-19-31-15-27-11-7-8-12-28(27)16-32(31)20-38(37)48(40)56/h5-24H,1-4H3. The summed E-state index contributed by atoms with van der Waals surface area (Å²) in [6.07, 6.45) is 3.60. The Hall–Kier alpha value is -6.34. The number of ketones is 4. The molecule has 6 heteroatoms. The largest absolute Gasteiger partial charge is 0.288 e. The van der Waals surface area contributed by atoms with E-state index in [-0.39, 0.29) is 45.1 Å². The molecule has 2 aromatic heterocycles. The second-order valence-corrected chi connectivity index (χ2v) is 19.3. The van der Waals surface area contributed by atoms with Crippen LogP contribution >= 0.6 is 22.7 Å². The number of allylic oxidation sites excluding steroid dienone is 4. The molecule has 4 aliphatic carbocycles. The van der Waals surface area contributed by atoms with Crippen molar-refractivity contribution in [3.05, 3.63) is 173 Å². The number of benzene rings is 6. The molecule has 0 aliphatic heterocycles. The molecule has 4 nitrogen and oxygen atoms in total. The lowest BCUT2D eigenvalue weighted by Crippen LogP contribution is -2.16. The highest BCUT2D eigenvalue weighted by molar-refractivity contribution is 7.16. The minimum atomic E-state index is -0.346. The van der Waals surface area contributed by atoms with E-state index in [1.807, 2.05) is 48.5 Å². The Morgan fingerprint density at radius 2 is 0.690 bits per heavy atom. The average Bonchev–Trinajstić information content (AvgIpc) is 4.01. The molecule has 4 aliphatic rings. The van der Waals surface area contributed by atoms with Gasteiger partial charge in [-0.15, -0.1) is 22.7 Å². The Balaban J connectivity index is 0.893. The Morgan fingerprint density at radius 1 is 0.397 bits per heavy atom.